The van der Waals surface area contributed by atoms with Gasteiger partial charge in [0.1, 0.15) is 5.82 Å². The highest BCUT2D eigenvalue weighted by atomic mass is 16.2. The van der Waals surface area contributed by atoms with E-state index in [1.165, 1.54) is 25.7 Å². The van der Waals surface area contributed by atoms with Crippen LogP contribution >= 0.6 is 0 Å². The van der Waals surface area contributed by atoms with Gasteiger partial charge in [0.05, 0.1) is 17.8 Å². The zero-order valence-electron chi connectivity index (χ0n) is 18.4. The number of benzene rings is 1. The first-order valence-corrected chi connectivity index (χ1v) is 11.8. The molecular formula is C25H32N4O2. The number of nitrogens with one attached hydrogen (secondary N) is 1. The maximum Gasteiger partial charge on any atom is 0.256 e. The number of aromatic nitrogens is 2. The van der Waals surface area contributed by atoms with Crippen LogP contribution in [0.3, 0.4) is 0 Å². The van der Waals surface area contributed by atoms with Crippen LogP contribution < -0.4 is 5.56 Å². The van der Waals surface area contributed by atoms with E-state index in [0.717, 1.165) is 49.1 Å². The molecule has 0 spiro atoms. The zero-order valence-corrected chi connectivity index (χ0v) is 18.4. The van der Waals surface area contributed by atoms with Crippen molar-refractivity contribution in [3.8, 4) is 0 Å². The molecule has 1 saturated carbocycles. The van der Waals surface area contributed by atoms with E-state index >= 15 is 0 Å². The number of H-pyrrole nitrogens is 1. The van der Waals surface area contributed by atoms with Crippen LogP contribution in [0.4, 0.5) is 0 Å². The van der Waals surface area contributed by atoms with Gasteiger partial charge in [-0.25, -0.2) is 4.98 Å². The molecule has 164 valence electrons. The molecule has 5 rings (SSSR count). The third-order valence-corrected chi connectivity index (χ3v) is 7.43. The number of carbonyl (C=O) groups excluding carboxylic acids is 1. The number of hydrogen-bond acceptors (Lipinski definition) is 4. The van der Waals surface area contributed by atoms with Gasteiger partial charge in [-0.05, 0) is 57.8 Å². The van der Waals surface area contributed by atoms with Crippen LogP contribution in [-0.2, 0) is 13.0 Å². The summed E-state index contributed by atoms with van der Waals surface area (Å²) in [6.07, 6.45) is 8.20. The van der Waals surface area contributed by atoms with E-state index in [1.807, 2.05) is 31.2 Å². The summed E-state index contributed by atoms with van der Waals surface area (Å²) in [7, 11) is 0. The fourth-order valence-electron chi connectivity index (χ4n) is 5.50. The number of hydrogen-bond donors (Lipinski definition) is 1. The third-order valence-electron chi connectivity index (χ3n) is 7.43. The van der Waals surface area contributed by atoms with E-state index in [4.69, 9.17) is 4.98 Å². The van der Waals surface area contributed by atoms with Crippen molar-refractivity contribution >= 4 is 5.91 Å². The number of amides is 1. The summed E-state index contributed by atoms with van der Waals surface area (Å²) in [5.41, 5.74) is 3.26. The molecule has 6 nitrogen and oxygen atoms in total. The van der Waals surface area contributed by atoms with Gasteiger partial charge in [-0.3, -0.25) is 9.59 Å². The van der Waals surface area contributed by atoms with Crippen molar-refractivity contribution in [3.05, 3.63) is 62.8 Å². The Morgan fingerprint density at radius 3 is 2.45 bits per heavy atom. The summed E-state index contributed by atoms with van der Waals surface area (Å²) in [5.74, 6) is 1.17. The van der Waals surface area contributed by atoms with Crippen LogP contribution in [0.15, 0.2) is 29.1 Å². The fourth-order valence-corrected chi connectivity index (χ4v) is 5.50. The van der Waals surface area contributed by atoms with Crippen molar-refractivity contribution in [2.45, 2.75) is 70.4 Å². The van der Waals surface area contributed by atoms with Gasteiger partial charge in [0.15, 0.2) is 0 Å². The SMILES string of the molecule is Cc1ccc(C(=O)N2CCc3nc(C4CCN(C5CCCC5)CC4)[nH]c(=O)c3C2)cc1. The highest BCUT2D eigenvalue weighted by molar-refractivity contribution is 5.94. The Kier molecular flexibility index (Phi) is 5.65. The Morgan fingerprint density at radius 1 is 1.03 bits per heavy atom. The minimum atomic E-state index is -0.0698. The predicted molar refractivity (Wildman–Crippen MR) is 120 cm³/mol. The molecule has 0 radical (unpaired) electrons. The number of aromatic amines is 1. The molecular weight excluding hydrogens is 388 g/mol. The molecule has 0 bridgehead atoms. The topological polar surface area (TPSA) is 69.3 Å². The molecule has 0 atom stereocenters. The lowest BCUT2D eigenvalue weighted by molar-refractivity contribution is 0.0732. The van der Waals surface area contributed by atoms with Crippen molar-refractivity contribution in [1.29, 1.82) is 0 Å². The maximum absolute atomic E-state index is 12.9. The molecule has 3 aliphatic rings. The van der Waals surface area contributed by atoms with Crippen LogP contribution in [-0.4, -0.2) is 51.4 Å². The monoisotopic (exact) mass is 420 g/mol. The van der Waals surface area contributed by atoms with Gasteiger partial charge in [-0.15, -0.1) is 0 Å². The smallest absolute Gasteiger partial charge is 0.256 e. The summed E-state index contributed by atoms with van der Waals surface area (Å²) >= 11 is 0. The van der Waals surface area contributed by atoms with Gasteiger partial charge in [-0.2, -0.15) is 0 Å². The van der Waals surface area contributed by atoms with Gasteiger partial charge >= 0.3 is 0 Å². The molecule has 1 aliphatic carbocycles. The molecule has 1 amide bonds. The largest absolute Gasteiger partial charge is 0.334 e. The molecule has 3 heterocycles. The number of piperidine rings is 1. The number of aryl methyl sites for hydroxylation is 1. The van der Waals surface area contributed by atoms with Crippen molar-refractivity contribution in [2.75, 3.05) is 19.6 Å². The van der Waals surface area contributed by atoms with Crippen LogP contribution in [0.2, 0.25) is 0 Å². The normalized spacial score (nSPS) is 20.7. The second-order valence-corrected chi connectivity index (χ2v) is 9.47. The van der Waals surface area contributed by atoms with Gasteiger partial charge in [0.2, 0.25) is 0 Å². The molecule has 2 aliphatic heterocycles. The van der Waals surface area contributed by atoms with Crippen LogP contribution in [0, 0.1) is 6.92 Å². The third kappa shape index (κ3) is 4.18. The Morgan fingerprint density at radius 2 is 1.74 bits per heavy atom. The van der Waals surface area contributed by atoms with Gasteiger partial charge in [0, 0.05) is 30.5 Å². The van der Waals surface area contributed by atoms with Gasteiger partial charge < -0.3 is 14.8 Å². The average Bonchev–Trinajstić information content (AvgIpc) is 3.34. The van der Waals surface area contributed by atoms with Crippen molar-refractivity contribution in [2.24, 2.45) is 0 Å². The summed E-state index contributed by atoms with van der Waals surface area (Å²) in [6.45, 7) is 5.16. The lowest BCUT2D eigenvalue weighted by Gasteiger charge is -2.36. The molecule has 1 aromatic carbocycles. The number of likely N-dealkylation sites (tertiary alicyclic amines) is 1. The Hall–Kier alpha value is -2.47. The van der Waals surface area contributed by atoms with Crippen LogP contribution in [0.1, 0.15) is 77.4 Å². The van der Waals surface area contributed by atoms with E-state index in [1.54, 1.807) is 4.90 Å². The molecule has 2 aromatic rings. The number of carbonyl (C=O) groups is 1. The molecule has 6 heteroatoms. The number of fused-ring (bicyclic) bond motifs is 1. The van der Waals surface area contributed by atoms with Crippen molar-refractivity contribution < 1.29 is 4.79 Å². The van der Waals surface area contributed by atoms with Crippen LogP contribution in [0.25, 0.3) is 0 Å². The van der Waals surface area contributed by atoms with Gasteiger partial charge in [-0.1, -0.05) is 30.5 Å². The summed E-state index contributed by atoms with van der Waals surface area (Å²) in [5, 5.41) is 0. The maximum atomic E-state index is 12.9. The standard InChI is InChI=1S/C25H32N4O2/c1-17-6-8-19(9-7-17)25(31)29-15-12-22-21(16-29)24(30)27-23(26-22)18-10-13-28(14-11-18)20-4-2-3-5-20/h6-9,18,20H,2-5,10-16H2,1H3,(H,26,27,30). The van der Waals surface area contributed by atoms with Crippen LogP contribution in [0.5, 0.6) is 0 Å². The molecule has 1 aromatic heterocycles. The highest BCUT2D eigenvalue weighted by Crippen LogP contribution is 2.31. The summed E-state index contributed by atoms with van der Waals surface area (Å²) in [6, 6.07) is 8.38. The Labute approximate surface area is 183 Å². The molecule has 31 heavy (non-hydrogen) atoms. The lowest BCUT2D eigenvalue weighted by Crippen LogP contribution is -2.41. The van der Waals surface area contributed by atoms with Crippen molar-refractivity contribution in [1.82, 2.24) is 19.8 Å². The second kappa shape index (κ2) is 8.58. The van der Waals surface area contributed by atoms with E-state index in [9.17, 15) is 9.59 Å². The zero-order chi connectivity index (χ0) is 21.4. The predicted octanol–water partition coefficient (Wildman–Crippen LogP) is 3.40. The minimum absolute atomic E-state index is 0.0200. The quantitative estimate of drug-likeness (QED) is 0.826. The summed E-state index contributed by atoms with van der Waals surface area (Å²) < 4.78 is 0. The number of nitrogens with zero attached hydrogens (tertiary/aromatic N) is 3. The lowest BCUT2D eigenvalue weighted by atomic mass is 9.94. The van der Waals surface area contributed by atoms with E-state index in [2.05, 4.69) is 9.88 Å². The Balaban J connectivity index is 1.27. The van der Waals surface area contributed by atoms with E-state index < -0.39 is 0 Å². The van der Waals surface area contributed by atoms with E-state index in [0.29, 0.717) is 36.6 Å². The molecule has 2 fully saturated rings. The van der Waals surface area contributed by atoms with Crippen molar-refractivity contribution in [3.63, 3.8) is 0 Å². The minimum Gasteiger partial charge on any atom is -0.334 e. The summed E-state index contributed by atoms with van der Waals surface area (Å²) in [4.78, 5) is 38.2. The average molecular weight is 421 g/mol. The first kappa shape index (κ1) is 20.4. The Bertz CT molecular complexity index is 999. The van der Waals surface area contributed by atoms with E-state index in [-0.39, 0.29) is 11.5 Å². The molecule has 1 N–H and O–H groups in total. The second-order valence-electron chi connectivity index (χ2n) is 9.47. The highest BCUT2D eigenvalue weighted by Gasteiger charge is 2.30. The first-order valence-electron chi connectivity index (χ1n) is 11.8. The number of rotatable bonds is 3. The first-order chi connectivity index (χ1) is 15.1. The molecule has 0 unspecified atom stereocenters. The fraction of sp³-hybridized carbons (Fsp3) is 0.560. The van der Waals surface area contributed by atoms with Gasteiger partial charge in [0.25, 0.3) is 11.5 Å². The molecule has 1 saturated heterocycles.